The minimum absolute atomic E-state index is 0.190. The first kappa shape index (κ1) is 17.6. The summed E-state index contributed by atoms with van der Waals surface area (Å²) in [6.45, 7) is 6.49. The Kier molecular flexibility index (Phi) is 4.68. The van der Waals surface area contributed by atoms with Gasteiger partial charge in [-0.3, -0.25) is 19.2 Å². The van der Waals surface area contributed by atoms with Crippen LogP contribution in [0.15, 0.2) is 29.8 Å². The summed E-state index contributed by atoms with van der Waals surface area (Å²) in [5.41, 5.74) is 0.408. The first-order chi connectivity index (χ1) is 11.1. The molecule has 0 unspecified atom stereocenters. The fourth-order valence-electron chi connectivity index (χ4n) is 2.27. The second-order valence-electron chi connectivity index (χ2n) is 6.55. The molecule has 1 aromatic carbocycles. The Balaban J connectivity index is 2.11. The van der Waals surface area contributed by atoms with Crippen molar-refractivity contribution in [3.05, 3.63) is 46.5 Å². The van der Waals surface area contributed by atoms with Crippen LogP contribution in [0.4, 0.5) is 0 Å². The molecule has 6 heteroatoms. The molecule has 0 saturated heterocycles. The van der Waals surface area contributed by atoms with Crippen molar-refractivity contribution < 1.29 is 23.9 Å². The molecule has 0 aliphatic heterocycles. The number of carbonyl (C=O) groups excluding carboxylic acids is 4. The molecule has 6 nitrogen and oxygen atoms in total. The topological polar surface area (TPSA) is 89.5 Å². The van der Waals surface area contributed by atoms with E-state index in [0.29, 0.717) is 5.57 Å². The van der Waals surface area contributed by atoms with Gasteiger partial charge < -0.3 is 10.1 Å². The summed E-state index contributed by atoms with van der Waals surface area (Å²) in [4.78, 5) is 47.8. The number of ketones is 2. The highest BCUT2D eigenvalue weighted by Crippen LogP contribution is 2.22. The molecule has 2 rings (SSSR count). The SMILES string of the molecule is CC1=CC(=O)c2cc(C(=O)NCC(=O)OC(C)(C)C)ccc2C1=O. The van der Waals surface area contributed by atoms with Crippen molar-refractivity contribution in [2.75, 3.05) is 6.54 Å². The highest BCUT2D eigenvalue weighted by Gasteiger charge is 2.24. The monoisotopic (exact) mass is 329 g/mol. The fourth-order valence-corrected chi connectivity index (χ4v) is 2.27. The van der Waals surface area contributed by atoms with Crippen LogP contribution in [0.1, 0.15) is 58.8 Å². The molecule has 1 aliphatic rings. The summed E-state index contributed by atoms with van der Waals surface area (Å²) in [6.07, 6.45) is 1.26. The van der Waals surface area contributed by atoms with Gasteiger partial charge in [-0.2, -0.15) is 0 Å². The minimum atomic E-state index is -0.634. The quantitative estimate of drug-likeness (QED) is 0.858. The third kappa shape index (κ3) is 3.95. The number of ether oxygens (including phenoxy) is 1. The lowest BCUT2D eigenvalue weighted by molar-refractivity contribution is -0.153. The lowest BCUT2D eigenvalue weighted by Crippen LogP contribution is -2.34. The maximum absolute atomic E-state index is 12.1. The van der Waals surface area contributed by atoms with Gasteiger partial charge in [-0.1, -0.05) is 0 Å². The third-order valence-electron chi connectivity index (χ3n) is 3.31. The van der Waals surface area contributed by atoms with Gasteiger partial charge in [-0.25, -0.2) is 0 Å². The Morgan fingerprint density at radius 1 is 1.12 bits per heavy atom. The van der Waals surface area contributed by atoms with Crippen LogP contribution in [-0.2, 0) is 9.53 Å². The number of allylic oxidation sites excluding steroid dienone is 2. The summed E-state index contributed by atoms with van der Waals surface area (Å²) >= 11 is 0. The smallest absolute Gasteiger partial charge is 0.325 e. The van der Waals surface area contributed by atoms with E-state index in [0.717, 1.165) is 0 Å². The molecular weight excluding hydrogens is 310 g/mol. The van der Waals surface area contributed by atoms with Crippen LogP contribution >= 0.6 is 0 Å². The molecule has 126 valence electrons. The van der Waals surface area contributed by atoms with Gasteiger partial charge in [0.25, 0.3) is 5.91 Å². The Bertz CT molecular complexity index is 768. The van der Waals surface area contributed by atoms with Crippen LogP contribution in [0.25, 0.3) is 0 Å². The van der Waals surface area contributed by atoms with Crippen molar-refractivity contribution in [3.63, 3.8) is 0 Å². The number of Topliss-reactive ketones (excluding diaryl/α,β-unsaturated/α-hetero) is 1. The Labute approximate surface area is 139 Å². The molecule has 0 atom stereocenters. The minimum Gasteiger partial charge on any atom is -0.459 e. The van der Waals surface area contributed by atoms with E-state index in [1.807, 2.05) is 0 Å². The standard InChI is InChI=1S/C18H19NO5/c1-10-7-14(20)13-8-11(5-6-12(13)16(10)22)17(23)19-9-15(21)24-18(2,3)4/h5-8H,9H2,1-4H3,(H,19,23). The van der Waals surface area contributed by atoms with Crippen LogP contribution in [0, 0.1) is 0 Å². The summed E-state index contributed by atoms with van der Waals surface area (Å²) in [5, 5.41) is 2.44. The Morgan fingerprint density at radius 2 is 1.79 bits per heavy atom. The van der Waals surface area contributed by atoms with Gasteiger partial charge in [0.1, 0.15) is 12.1 Å². The largest absolute Gasteiger partial charge is 0.459 e. The number of nitrogens with one attached hydrogen (secondary N) is 1. The van der Waals surface area contributed by atoms with Crippen molar-refractivity contribution in [2.24, 2.45) is 0 Å². The molecule has 0 radical (unpaired) electrons. The average Bonchev–Trinajstić information content (AvgIpc) is 2.48. The van der Waals surface area contributed by atoms with E-state index in [-0.39, 0.29) is 34.8 Å². The number of hydrogen-bond acceptors (Lipinski definition) is 5. The van der Waals surface area contributed by atoms with Crippen molar-refractivity contribution in [1.29, 1.82) is 0 Å². The Morgan fingerprint density at radius 3 is 2.42 bits per heavy atom. The van der Waals surface area contributed by atoms with E-state index in [2.05, 4.69) is 5.32 Å². The van der Waals surface area contributed by atoms with E-state index in [1.165, 1.54) is 24.3 Å². The van der Waals surface area contributed by atoms with E-state index >= 15 is 0 Å². The zero-order chi connectivity index (χ0) is 18.1. The van der Waals surface area contributed by atoms with Crippen molar-refractivity contribution >= 4 is 23.4 Å². The Hall–Kier alpha value is -2.76. The van der Waals surface area contributed by atoms with Crippen molar-refractivity contribution in [3.8, 4) is 0 Å². The number of rotatable bonds is 3. The number of carbonyl (C=O) groups is 4. The summed E-state index contributed by atoms with van der Waals surface area (Å²) in [5.74, 6) is -1.62. The number of esters is 1. The molecule has 1 N–H and O–H groups in total. The molecule has 0 saturated carbocycles. The zero-order valence-corrected chi connectivity index (χ0v) is 14.1. The molecule has 0 heterocycles. The average molecular weight is 329 g/mol. The molecule has 0 spiro atoms. The second kappa shape index (κ2) is 6.39. The summed E-state index contributed by atoms with van der Waals surface area (Å²) < 4.78 is 5.10. The van der Waals surface area contributed by atoms with Crippen LogP contribution in [0.5, 0.6) is 0 Å². The van der Waals surface area contributed by atoms with Gasteiger partial charge in [-0.15, -0.1) is 0 Å². The van der Waals surface area contributed by atoms with Gasteiger partial charge in [0.2, 0.25) is 0 Å². The molecule has 24 heavy (non-hydrogen) atoms. The summed E-state index contributed by atoms with van der Waals surface area (Å²) in [7, 11) is 0. The maximum atomic E-state index is 12.1. The van der Waals surface area contributed by atoms with Gasteiger partial charge in [0.05, 0.1) is 0 Å². The molecule has 0 fully saturated rings. The van der Waals surface area contributed by atoms with E-state index in [4.69, 9.17) is 4.74 Å². The highest BCUT2D eigenvalue weighted by molar-refractivity contribution is 6.24. The third-order valence-corrected chi connectivity index (χ3v) is 3.31. The van der Waals surface area contributed by atoms with E-state index in [9.17, 15) is 19.2 Å². The maximum Gasteiger partial charge on any atom is 0.325 e. The van der Waals surface area contributed by atoms with Crippen LogP contribution in [0.3, 0.4) is 0 Å². The van der Waals surface area contributed by atoms with Crippen molar-refractivity contribution in [2.45, 2.75) is 33.3 Å². The van der Waals surface area contributed by atoms with Gasteiger partial charge >= 0.3 is 5.97 Å². The molecule has 0 bridgehead atoms. The fraction of sp³-hybridized carbons (Fsp3) is 0.333. The molecular formula is C18H19NO5. The van der Waals surface area contributed by atoms with Crippen LogP contribution in [-0.4, -0.2) is 35.6 Å². The number of amides is 1. The van der Waals surface area contributed by atoms with E-state index < -0.39 is 17.5 Å². The van der Waals surface area contributed by atoms with Gasteiger partial charge in [0.15, 0.2) is 11.6 Å². The van der Waals surface area contributed by atoms with E-state index in [1.54, 1.807) is 27.7 Å². The van der Waals surface area contributed by atoms with Gasteiger partial charge in [0, 0.05) is 22.3 Å². The van der Waals surface area contributed by atoms with Crippen molar-refractivity contribution in [1.82, 2.24) is 5.32 Å². The molecule has 1 aromatic rings. The number of fused-ring (bicyclic) bond motifs is 1. The lowest BCUT2D eigenvalue weighted by atomic mass is 9.89. The molecule has 1 aliphatic carbocycles. The first-order valence-electron chi connectivity index (χ1n) is 7.50. The van der Waals surface area contributed by atoms with Crippen LogP contribution in [0.2, 0.25) is 0 Å². The predicted octanol–water partition coefficient (Wildman–Crippen LogP) is 2.08. The highest BCUT2D eigenvalue weighted by atomic mass is 16.6. The number of benzene rings is 1. The summed E-state index contributed by atoms with van der Waals surface area (Å²) in [6, 6.07) is 4.27. The lowest BCUT2D eigenvalue weighted by Gasteiger charge is -2.19. The first-order valence-corrected chi connectivity index (χ1v) is 7.50. The van der Waals surface area contributed by atoms with Gasteiger partial charge in [-0.05, 0) is 52.0 Å². The number of hydrogen-bond donors (Lipinski definition) is 1. The molecule has 1 amide bonds. The molecule has 0 aromatic heterocycles. The normalized spacial score (nSPS) is 13.9. The second-order valence-corrected chi connectivity index (χ2v) is 6.55. The predicted molar refractivity (Wildman–Crippen MR) is 87.0 cm³/mol. The van der Waals surface area contributed by atoms with Crippen LogP contribution < -0.4 is 5.32 Å². The zero-order valence-electron chi connectivity index (χ0n) is 14.1.